The van der Waals surface area contributed by atoms with E-state index in [4.69, 9.17) is 14.6 Å². The standard InChI is InChI=1S/C5H10O3/c6-5-4-7-2-1-3-8-5/h5-6H,1-4H2/t5-/m0/s1. The van der Waals surface area contributed by atoms with E-state index in [1.807, 2.05) is 0 Å². The van der Waals surface area contributed by atoms with Crippen molar-refractivity contribution in [1.29, 1.82) is 0 Å². The van der Waals surface area contributed by atoms with Gasteiger partial charge >= 0.3 is 0 Å². The first-order valence-corrected chi connectivity index (χ1v) is 2.77. The summed E-state index contributed by atoms with van der Waals surface area (Å²) in [6.45, 7) is 1.64. The summed E-state index contributed by atoms with van der Waals surface area (Å²) in [5, 5.41) is 8.74. The van der Waals surface area contributed by atoms with Crippen LogP contribution in [0.2, 0.25) is 0 Å². The molecule has 0 aromatic carbocycles. The first-order valence-electron chi connectivity index (χ1n) is 2.77. The summed E-state index contributed by atoms with van der Waals surface area (Å²) in [5.74, 6) is 0. The monoisotopic (exact) mass is 118 g/mol. The predicted molar refractivity (Wildman–Crippen MR) is 27.4 cm³/mol. The highest BCUT2D eigenvalue weighted by Gasteiger charge is 2.06. The van der Waals surface area contributed by atoms with Gasteiger partial charge in [0, 0.05) is 6.61 Å². The van der Waals surface area contributed by atoms with Crippen LogP contribution in [0.4, 0.5) is 0 Å². The molecule has 1 heterocycles. The number of hydrogen-bond donors (Lipinski definition) is 1. The highest BCUT2D eigenvalue weighted by atomic mass is 16.6. The molecule has 1 N–H and O–H groups in total. The van der Waals surface area contributed by atoms with Gasteiger partial charge in [-0.15, -0.1) is 0 Å². The van der Waals surface area contributed by atoms with Crippen LogP contribution in [0.3, 0.4) is 0 Å². The van der Waals surface area contributed by atoms with Gasteiger partial charge in [0.05, 0.1) is 13.2 Å². The first kappa shape index (κ1) is 6.01. The molecule has 0 saturated carbocycles. The van der Waals surface area contributed by atoms with Crippen LogP contribution in [-0.2, 0) is 9.47 Å². The number of aliphatic hydroxyl groups is 1. The molecule has 1 saturated heterocycles. The third kappa shape index (κ3) is 1.78. The molecule has 3 nitrogen and oxygen atoms in total. The van der Waals surface area contributed by atoms with E-state index in [0.717, 1.165) is 6.42 Å². The van der Waals surface area contributed by atoms with Crippen molar-refractivity contribution in [2.45, 2.75) is 12.7 Å². The van der Waals surface area contributed by atoms with E-state index in [0.29, 0.717) is 19.8 Å². The average Bonchev–Trinajstić information content (AvgIpc) is 1.94. The number of ether oxygens (including phenoxy) is 2. The molecule has 0 aromatic rings. The van der Waals surface area contributed by atoms with Crippen LogP contribution >= 0.6 is 0 Å². The van der Waals surface area contributed by atoms with Crippen molar-refractivity contribution in [3.63, 3.8) is 0 Å². The van der Waals surface area contributed by atoms with Crippen LogP contribution in [0.5, 0.6) is 0 Å². The molecule has 8 heavy (non-hydrogen) atoms. The molecule has 1 fully saturated rings. The van der Waals surface area contributed by atoms with Crippen molar-refractivity contribution >= 4 is 0 Å². The van der Waals surface area contributed by atoms with E-state index in [-0.39, 0.29) is 0 Å². The Hall–Kier alpha value is -0.120. The smallest absolute Gasteiger partial charge is 0.178 e. The maximum absolute atomic E-state index is 8.74. The molecule has 0 spiro atoms. The summed E-state index contributed by atoms with van der Waals surface area (Å²) in [4.78, 5) is 0. The van der Waals surface area contributed by atoms with Crippen molar-refractivity contribution in [3.8, 4) is 0 Å². The molecule has 0 bridgehead atoms. The zero-order chi connectivity index (χ0) is 5.82. The summed E-state index contributed by atoms with van der Waals surface area (Å²) in [7, 11) is 0. The molecule has 1 atom stereocenters. The molecular formula is C5H10O3. The minimum atomic E-state index is -0.697. The fraction of sp³-hybridized carbons (Fsp3) is 1.00. The van der Waals surface area contributed by atoms with Crippen molar-refractivity contribution < 1.29 is 14.6 Å². The number of hydrogen-bond acceptors (Lipinski definition) is 3. The lowest BCUT2D eigenvalue weighted by Crippen LogP contribution is -2.15. The molecule has 0 amide bonds. The fourth-order valence-electron chi connectivity index (χ4n) is 0.613. The predicted octanol–water partition coefficient (Wildman–Crippen LogP) is -0.258. The van der Waals surface area contributed by atoms with Gasteiger partial charge in [-0.25, -0.2) is 0 Å². The van der Waals surface area contributed by atoms with E-state index in [2.05, 4.69) is 0 Å². The Morgan fingerprint density at radius 3 is 3.12 bits per heavy atom. The normalized spacial score (nSPS) is 31.9. The van der Waals surface area contributed by atoms with E-state index >= 15 is 0 Å². The average molecular weight is 118 g/mol. The minimum Gasteiger partial charge on any atom is -0.376 e. The summed E-state index contributed by atoms with van der Waals surface area (Å²) in [5.41, 5.74) is 0. The van der Waals surface area contributed by atoms with Gasteiger partial charge in [-0.2, -0.15) is 0 Å². The lowest BCUT2D eigenvalue weighted by atomic mass is 10.5. The molecule has 1 aliphatic rings. The van der Waals surface area contributed by atoms with Gasteiger partial charge < -0.3 is 14.6 Å². The Morgan fingerprint density at radius 1 is 1.38 bits per heavy atom. The maximum atomic E-state index is 8.74. The SMILES string of the molecule is O[C@@H]1COCCCO1. The topological polar surface area (TPSA) is 38.7 Å². The van der Waals surface area contributed by atoms with Crippen LogP contribution in [0, 0.1) is 0 Å². The quantitative estimate of drug-likeness (QED) is 0.476. The molecule has 48 valence electrons. The van der Waals surface area contributed by atoms with Crippen molar-refractivity contribution in [1.82, 2.24) is 0 Å². The van der Waals surface area contributed by atoms with E-state index in [9.17, 15) is 0 Å². The minimum absolute atomic E-state index is 0.319. The van der Waals surface area contributed by atoms with E-state index < -0.39 is 6.29 Å². The van der Waals surface area contributed by atoms with Crippen molar-refractivity contribution in [3.05, 3.63) is 0 Å². The Labute approximate surface area is 48.2 Å². The summed E-state index contributed by atoms with van der Waals surface area (Å²) >= 11 is 0. The van der Waals surface area contributed by atoms with Crippen LogP contribution in [0.15, 0.2) is 0 Å². The molecule has 0 radical (unpaired) electrons. The van der Waals surface area contributed by atoms with Gasteiger partial charge in [0.1, 0.15) is 0 Å². The maximum Gasteiger partial charge on any atom is 0.178 e. The van der Waals surface area contributed by atoms with Crippen LogP contribution in [0.1, 0.15) is 6.42 Å². The van der Waals surface area contributed by atoms with Gasteiger partial charge in [-0.1, -0.05) is 0 Å². The van der Waals surface area contributed by atoms with Gasteiger partial charge in [-0.05, 0) is 6.42 Å². The summed E-state index contributed by atoms with van der Waals surface area (Å²) < 4.78 is 9.77. The lowest BCUT2D eigenvalue weighted by Gasteiger charge is -2.04. The van der Waals surface area contributed by atoms with Crippen LogP contribution in [-0.4, -0.2) is 31.2 Å². The van der Waals surface area contributed by atoms with Crippen molar-refractivity contribution in [2.75, 3.05) is 19.8 Å². The van der Waals surface area contributed by atoms with Crippen LogP contribution < -0.4 is 0 Å². The second-order valence-electron chi connectivity index (χ2n) is 1.75. The molecule has 3 heteroatoms. The second-order valence-corrected chi connectivity index (χ2v) is 1.75. The Morgan fingerprint density at radius 2 is 2.25 bits per heavy atom. The van der Waals surface area contributed by atoms with E-state index in [1.165, 1.54) is 0 Å². The lowest BCUT2D eigenvalue weighted by molar-refractivity contribution is -0.115. The second kappa shape index (κ2) is 3.02. The van der Waals surface area contributed by atoms with Gasteiger partial charge in [-0.3, -0.25) is 0 Å². The molecule has 0 aliphatic carbocycles. The largest absolute Gasteiger partial charge is 0.376 e. The third-order valence-electron chi connectivity index (χ3n) is 1.00. The molecule has 1 rings (SSSR count). The highest BCUT2D eigenvalue weighted by Crippen LogP contribution is 1.96. The molecule has 0 unspecified atom stereocenters. The number of aliphatic hydroxyl groups excluding tert-OH is 1. The number of rotatable bonds is 0. The summed E-state index contributed by atoms with van der Waals surface area (Å²) in [6, 6.07) is 0. The first-order chi connectivity index (χ1) is 3.89. The Balaban J connectivity index is 2.17. The molecule has 0 aromatic heterocycles. The van der Waals surface area contributed by atoms with Crippen molar-refractivity contribution in [2.24, 2.45) is 0 Å². The van der Waals surface area contributed by atoms with Gasteiger partial charge in [0.2, 0.25) is 0 Å². The third-order valence-corrected chi connectivity index (χ3v) is 1.00. The summed E-state index contributed by atoms with van der Waals surface area (Å²) in [6.07, 6.45) is 0.189. The zero-order valence-corrected chi connectivity index (χ0v) is 4.67. The highest BCUT2D eigenvalue weighted by molar-refractivity contribution is 4.44. The zero-order valence-electron chi connectivity index (χ0n) is 4.67. The van der Waals surface area contributed by atoms with Gasteiger partial charge in [0.15, 0.2) is 6.29 Å². The Bertz CT molecular complexity index is 56.7. The Kier molecular flexibility index (Phi) is 2.27. The van der Waals surface area contributed by atoms with E-state index in [1.54, 1.807) is 0 Å². The molecular weight excluding hydrogens is 108 g/mol. The van der Waals surface area contributed by atoms with Gasteiger partial charge in [0.25, 0.3) is 0 Å². The molecule has 1 aliphatic heterocycles. The van der Waals surface area contributed by atoms with Crippen LogP contribution in [0.25, 0.3) is 0 Å². The fourth-order valence-corrected chi connectivity index (χ4v) is 0.613.